The maximum Gasteiger partial charge on any atom is 0.246 e. The Labute approximate surface area is 113 Å². The minimum absolute atomic E-state index is 0.120. The van der Waals surface area contributed by atoms with E-state index in [9.17, 15) is 8.42 Å². The van der Waals surface area contributed by atoms with Crippen molar-refractivity contribution >= 4 is 15.8 Å². The van der Waals surface area contributed by atoms with Gasteiger partial charge < -0.3 is 10.3 Å². The van der Waals surface area contributed by atoms with E-state index >= 15 is 0 Å². The molecule has 7 nitrogen and oxygen atoms in total. The first-order valence-corrected chi connectivity index (χ1v) is 7.53. The number of anilines is 1. The quantitative estimate of drug-likeness (QED) is 0.585. The molecule has 0 aliphatic carbocycles. The van der Waals surface area contributed by atoms with Gasteiger partial charge in [0.25, 0.3) is 0 Å². The molecule has 0 amide bonds. The van der Waals surface area contributed by atoms with Crippen molar-refractivity contribution < 1.29 is 8.42 Å². The summed E-state index contributed by atoms with van der Waals surface area (Å²) in [4.78, 5) is 6.20. The van der Waals surface area contributed by atoms with Crippen LogP contribution in [-0.4, -0.2) is 55.3 Å². The molecule has 2 rings (SSSR count). The molecule has 1 atom stereocenters. The van der Waals surface area contributed by atoms with E-state index in [-0.39, 0.29) is 16.8 Å². The summed E-state index contributed by atoms with van der Waals surface area (Å²) in [7, 11) is -1.57. The third kappa shape index (κ3) is 2.71. The number of aromatic nitrogens is 1. The molecule has 0 bridgehead atoms. The van der Waals surface area contributed by atoms with Gasteiger partial charge in [-0.1, -0.05) is 0 Å². The highest BCUT2D eigenvalue weighted by molar-refractivity contribution is 7.89. The largest absolute Gasteiger partial charge is 0.307 e. The second-order valence-electron chi connectivity index (χ2n) is 4.69. The van der Waals surface area contributed by atoms with Crippen LogP contribution in [0.3, 0.4) is 0 Å². The first kappa shape index (κ1) is 14.2. The predicted molar refractivity (Wildman–Crippen MR) is 72.9 cm³/mol. The SMILES string of the molecule is CC1CN(S(=O)(=O)c2cccnc2NN)CCN1C. The molecule has 0 spiro atoms. The number of nitrogens with zero attached hydrogens (tertiary/aromatic N) is 3. The standard InChI is InChI=1S/C11H19N5O2S/c1-9-8-16(7-6-15(9)2)19(17,18)10-4-3-5-13-11(10)14-12/h3-5,9H,6-8,12H2,1-2H3,(H,13,14). The second kappa shape index (κ2) is 5.41. The molecule has 8 heteroatoms. The number of hydrazine groups is 1. The fourth-order valence-corrected chi connectivity index (χ4v) is 3.70. The lowest BCUT2D eigenvalue weighted by Gasteiger charge is -2.36. The number of hydrogen-bond donors (Lipinski definition) is 2. The first-order valence-electron chi connectivity index (χ1n) is 6.09. The highest BCUT2D eigenvalue weighted by Gasteiger charge is 2.32. The summed E-state index contributed by atoms with van der Waals surface area (Å²) >= 11 is 0. The van der Waals surface area contributed by atoms with E-state index in [1.54, 1.807) is 6.07 Å². The topological polar surface area (TPSA) is 91.6 Å². The molecule has 1 fully saturated rings. The molecule has 0 saturated carbocycles. The van der Waals surface area contributed by atoms with Gasteiger partial charge in [-0.05, 0) is 26.1 Å². The number of hydrogen-bond acceptors (Lipinski definition) is 6. The Kier molecular flexibility index (Phi) is 4.04. The van der Waals surface area contributed by atoms with Crippen molar-refractivity contribution in [3.8, 4) is 0 Å². The van der Waals surface area contributed by atoms with Crippen LogP contribution in [0.15, 0.2) is 23.2 Å². The van der Waals surface area contributed by atoms with Crippen LogP contribution in [0.25, 0.3) is 0 Å². The average Bonchev–Trinajstić information content (AvgIpc) is 2.41. The van der Waals surface area contributed by atoms with E-state index in [0.717, 1.165) is 0 Å². The Morgan fingerprint density at radius 2 is 2.21 bits per heavy atom. The monoisotopic (exact) mass is 285 g/mol. The normalized spacial score (nSPS) is 22.4. The van der Waals surface area contributed by atoms with Crippen molar-refractivity contribution in [3.05, 3.63) is 18.3 Å². The Hall–Kier alpha value is -1.22. The molecule has 1 aromatic heterocycles. The Balaban J connectivity index is 2.32. The lowest BCUT2D eigenvalue weighted by Crippen LogP contribution is -2.51. The molecule has 1 unspecified atom stereocenters. The Bertz CT molecular complexity index is 548. The summed E-state index contributed by atoms with van der Waals surface area (Å²) in [6.45, 7) is 3.67. The smallest absolute Gasteiger partial charge is 0.246 e. The van der Waals surface area contributed by atoms with Crippen LogP contribution in [0.4, 0.5) is 5.82 Å². The summed E-state index contributed by atoms with van der Waals surface area (Å²) < 4.78 is 26.7. The summed E-state index contributed by atoms with van der Waals surface area (Å²) in [6.07, 6.45) is 1.50. The van der Waals surface area contributed by atoms with E-state index < -0.39 is 10.0 Å². The minimum Gasteiger partial charge on any atom is -0.307 e. The van der Waals surface area contributed by atoms with Gasteiger partial charge in [0, 0.05) is 31.9 Å². The van der Waals surface area contributed by atoms with Crippen LogP contribution in [0, 0.1) is 0 Å². The summed E-state index contributed by atoms with van der Waals surface area (Å²) in [5, 5.41) is 0. The first-order chi connectivity index (χ1) is 8.96. The third-order valence-electron chi connectivity index (χ3n) is 3.45. The van der Waals surface area contributed by atoms with Crippen LogP contribution in [0.1, 0.15) is 6.92 Å². The molecule has 2 heterocycles. The molecule has 1 aromatic rings. The lowest BCUT2D eigenvalue weighted by molar-refractivity contribution is 0.159. The van der Waals surface area contributed by atoms with Crippen LogP contribution < -0.4 is 11.3 Å². The van der Waals surface area contributed by atoms with E-state index in [1.807, 2.05) is 14.0 Å². The summed E-state index contributed by atoms with van der Waals surface area (Å²) in [6, 6.07) is 3.29. The molecule has 0 radical (unpaired) electrons. The van der Waals surface area contributed by atoms with Crippen LogP contribution in [0.2, 0.25) is 0 Å². The maximum atomic E-state index is 12.6. The van der Waals surface area contributed by atoms with Crippen molar-refractivity contribution in [2.45, 2.75) is 17.9 Å². The molecular weight excluding hydrogens is 266 g/mol. The van der Waals surface area contributed by atoms with Gasteiger partial charge in [-0.25, -0.2) is 19.2 Å². The van der Waals surface area contributed by atoms with E-state index in [1.165, 1.54) is 16.6 Å². The molecule has 0 aromatic carbocycles. The average molecular weight is 285 g/mol. The zero-order valence-electron chi connectivity index (χ0n) is 11.1. The Morgan fingerprint density at radius 3 is 2.84 bits per heavy atom. The second-order valence-corrected chi connectivity index (χ2v) is 6.59. The molecule has 1 saturated heterocycles. The van der Waals surface area contributed by atoms with Gasteiger partial charge in [0.15, 0.2) is 5.82 Å². The van der Waals surface area contributed by atoms with E-state index in [0.29, 0.717) is 19.6 Å². The number of piperazine rings is 1. The summed E-state index contributed by atoms with van der Waals surface area (Å²) in [5.74, 6) is 5.50. The fourth-order valence-electron chi connectivity index (χ4n) is 2.08. The van der Waals surface area contributed by atoms with E-state index in [2.05, 4.69) is 15.3 Å². The van der Waals surface area contributed by atoms with Crippen molar-refractivity contribution in [3.63, 3.8) is 0 Å². The number of nitrogens with two attached hydrogens (primary N) is 1. The molecule has 1 aliphatic rings. The lowest BCUT2D eigenvalue weighted by atomic mass is 10.2. The van der Waals surface area contributed by atoms with Crippen molar-refractivity contribution in [2.75, 3.05) is 32.1 Å². The molecule has 1 aliphatic heterocycles. The number of pyridine rings is 1. The highest BCUT2D eigenvalue weighted by Crippen LogP contribution is 2.23. The predicted octanol–water partition coefficient (Wildman–Crippen LogP) is -0.308. The number of nitrogen functional groups attached to an aromatic ring is 1. The van der Waals surface area contributed by atoms with E-state index in [4.69, 9.17) is 5.84 Å². The van der Waals surface area contributed by atoms with Gasteiger partial charge in [-0.2, -0.15) is 4.31 Å². The fraction of sp³-hybridized carbons (Fsp3) is 0.545. The zero-order chi connectivity index (χ0) is 14.0. The van der Waals surface area contributed by atoms with Gasteiger partial charge in [-0.15, -0.1) is 0 Å². The third-order valence-corrected chi connectivity index (χ3v) is 5.34. The minimum atomic E-state index is -3.56. The zero-order valence-corrected chi connectivity index (χ0v) is 11.9. The molecule has 19 heavy (non-hydrogen) atoms. The summed E-state index contributed by atoms with van der Waals surface area (Å²) in [5.41, 5.74) is 2.33. The van der Waals surface area contributed by atoms with Crippen LogP contribution in [0.5, 0.6) is 0 Å². The highest BCUT2D eigenvalue weighted by atomic mass is 32.2. The maximum absolute atomic E-state index is 12.6. The number of sulfonamides is 1. The Morgan fingerprint density at radius 1 is 1.47 bits per heavy atom. The number of rotatable bonds is 3. The molecular formula is C11H19N5O2S. The number of nitrogens with one attached hydrogen (secondary N) is 1. The van der Waals surface area contributed by atoms with Crippen molar-refractivity contribution in [2.24, 2.45) is 5.84 Å². The van der Waals surface area contributed by atoms with Crippen LogP contribution >= 0.6 is 0 Å². The van der Waals surface area contributed by atoms with Gasteiger partial charge in [0.2, 0.25) is 10.0 Å². The van der Waals surface area contributed by atoms with Crippen molar-refractivity contribution in [1.29, 1.82) is 0 Å². The van der Waals surface area contributed by atoms with Gasteiger partial charge in [0.05, 0.1) is 0 Å². The van der Waals surface area contributed by atoms with Crippen LogP contribution in [-0.2, 0) is 10.0 Å². The molecule has 3 N–H and O–H groups in total. The number of likely N-dealkylation sites (N-methyl/N-ethyl adjacent to an activating group) is 1. The van der Waals surface area contributed by atoms with Crippen molar-refractivity contribution in [1.82, 2.24) is 14.2 Å². The van der Waals surface area contributed by atoms with Gasteiger partial charge in [0.1, 0.15) is 4.90 Å². The molecule has 106 valence electrons. The van der Waals surface area contributed by atoms with Gasteiger partial charge >= 0.3 is 0 Å². The van der Waals surface area contributed by atoms with Gasteiger partial charge in [-0.3, -0.25) is 0 Å².